The molecule has 0 aliphatic carbocycles. The van der Waals surface area contributed by atoms with Crippen molar-refractivity contribution in [2.45, 2.75) is 13.8 Å². The number of benzene rings is 2. The third-order valence-electron chi connectivity index (χ3n) is 3.34. The molecule has 0 unspecified atom stereocenters. The van der Waals surface area contributed by atoms with Gasteiger partial charge in [-0.3, -0.25) is 5.43 Å². The van der Waals surface area contributed by atoms with Crippen LogP contribution in [-0.2, 0) is 0 Å². The number of hydrogen-bond donors (Lipinski definition) is 1. The van der Waals surface area contributed by atoms with E-state index in [1.54, 1.807) is 0 Å². The Labute approximate surface area is 137 Å². The van der Waals surface area contributed by atoms with Crippen molar-refractivity contribution in [3.63, 3.8) is 0 Å². The largest absolute Gasteiger partial charge is 0.260 e. The molecule has 0 atom stereocenters. The summed E-state index contributed by atoms with van der Waals surface area (Å²) in [6.45, 7) is 3.88. The molecule has 3 aromatic rings. The second-order valence-electron chi connectivity index (χ2n) is 4.96. The minimum atomic E-state index is 0.676. The van der Waals surface area contributed by atoms with E-state index in [-0.39, 0.29) is 0 Å². The molecule has 2 aromatic carbocycles. The van der Waals surface area contributed by atoms with Crippen molar-refractivity contribution < 1.29 is 0 Å². The smallest absolute Gasteiger partial charge is 0.168 e. The van der Waals surface area contributed by atoms with Crippen molar-refractivity contribution >= 4 is 38.5 Å². The van der Waals surface area contributed by atoms with Gasteiger partial charge in [-0.15, -0.1) is 0 Å². The average Bonchev–Trinajstić information content (AvgIpc) is 2.53. The average molecular weight is 355 g/mol. The van der Waals surface area contributed by atoms with Gasteiger partial charge in [0.25, 0.3) is 0 Å². The summed E-state index contributed by atoms with van der Waals surface area (Å²) in [5, 5.41) is 4.41. The van der Waals surface area contributed by atoms with Gasteiger partial charge in [-0.25, -0.2) is 9.97 Å². The first-order valence-corrected chi connectivity index (χ1v) is 7.72. The second-order valence-corrected chi connectivity index (χ2v) is 5.88. The number of rotatable bonds is 3. The lowest BCUT2D eigenvalue weighted by atomic mass is 10.1. The molecule has 1 N–H and O–H groups in total. The maximum absolute atomic E-state index is 4.57. The number of nitrogens with one attached hydrogen (secondary N) is 1. The highest BCUT2D eigenvalue weighted by Gasteiger charge is 2.04. The zero-order valence-corrected chi connectivity index (χ0v) is 13.9. The van der Waals surface area contributed by atoms with E-state index in [0.717, 1.165) is 32.5 Å². The first kappa shape index (κ1) is 14.7. The van der Waals surface area contributed by atoms with E-state index in [9.17, 15) is 0 Å². The molecule has 0 fully saturated rings. The fourth-order valence-electron chi connectivity index (χ4n) is 2.09. The Morgan fingerprint density at radius 3 is 2.32 bits per heavy atom. The molecule has 1 aromatic heterocycles. The number of fused-ring (bicyclic) bond motifs is 1. The molecule has 0 radical (unpaired) electrons. The van der Waals surface area contributed by atoms with Gasteiger partial charge in [0.2, 0.25) is 0 Å². The van der Waals surface area contributed by atoms with Crippen molar-refractivity contribution in [2.24, 2.45) is 5.10 Å². The van der Waals surface area contributed by atoms with Crippen LogP contribution in [0.5, 0.6) is 0 Å². The van der Waals surface area contributed by atoms with Crippen molar-refractivity contribution in [1.82, 2.24) is 9.97 Å². The molecule has 4 nitrogen and oxygen atoms in total. The predicted octanol–water partition coefficient (Wildman–Crippen LogP) is 4.54. The lowest BCUT2D eigenvalue weighted by molar-refractivity contribution is 1.14. The van der Waals surface area contributed by atoms with Crippen LogP contribution in [0.2, 0.25) is 0 Å². The summed E-state index contributed by atoms with van der Waals surface area (Å²) in [5.74, 6) is 0.676. The number of aromatic nitrogens is 2. The molecule has 22 heavy (non-hydrogen) atoms. The van der Waals surface area contributed by atoms with Gasteiger partial charge in [0.1, 0.15) is 0 Å². The van der Waals surface area contributed by atoms with Gasteiger partial charge in [0, 0.05) is 4.47 Å². The summed E-state index contributed by atoms with van der Waals surface area (Å²) in [5.41, 5.74) is 7.54. The molecular formula is C17H15BrN4. The minimum Gasteiger partial charge on any atom is -0.260 e. The SMILES string of the molecule is C/C(=N\Nc1nc2ccccc2nc1C)c1ccc(Br)cc1. The summed E-state index contributed by atoms with van der Waals surface area (Å²) in [4.78, 5) is 9.10. The maximum Gasteiger partial charge on any atom is 0.168 e. The fourth-order valence-corrected chi connectivity index (χ4v) is 2.35. The molecule has 0 saturated carbocycles. The quantitative estimate of drug-likeness (QED) is 0.554. The van der Waals surface area contributed by atoms with E-state index in [0.29, 0.717) is 5.82 Å². The number of aryl methyl sites for hydroxylation is 1. The van der Waals surface area contributed by atoms with Crippen LogP contribution in [0.1, 0.15) is 18.2 Å². The van der Waals surface area contributed by atoms with Crippen LogP contribution < -0.4 is 5.43 Å². The highest BCUT2D eigenvalue weighted by Crippen LogP contribution is 2.16. The first-order chi connectivity index (χ1) is 10.6. The monoisotopic (exact) mass is 354 g/mol. The van der Waals surface area contributed by atoms with Gasteiger partial charge < -0.3 is 0 Å². The Hall–Kier alpha value is -2.27. The Kier molecular flexibility index (Phi) is 4.15. The van der Waals surface area contributed by atoms with Gasteiger partial charge >= 0.3 is 0 Å². The van der Waals surface area contributed by atoms with E-state index in [4.69, 9.17) is 0 Å². The lowest BCUT2D eigenvalue weighted by Gasteiger charge is -2.07. The molecule has 0 saturated heterocycles. The normalized spacial score (nSPS) is 11.7. The molecule has 0 aliphatic heterocycles. The van der Waals surface area contributed by atoms with Crippen molar-refractivity contribution in [3.8, 4) is 0 Å². The summed E-state index contributed by atoms with van der Waals surface area (Å²) < 4.78 is 1.05. The van der Waals surface area contributed by atoms with Gasteiger partial charge in [0.15, 0.2) is 5.82 Å². The van der Waals surface area contributed by atoms with E-state index in [2.05, 4.69) is 36.4 Å². The van der Waals surface area contributed by atoms with Crippen LogP contribution in [0.15, 0.2) is 58.1 Å². The standard InChI is InChI=1S/C17H15BrN4/c1-11(13-7-9-14(18)10-8-13)21-22-17-12(2)19-15-5-3-4-6-16(15)20-17/h3-10H,1-2H3,(H,20,22)/b21-11+. The Morgan fingerprint density at radius 2 is 1.64 bits per heavy atom. The molecule has 0 amide bonds. The van der Waals surface area contributed by atoms with Crippen molar-refractivity contribution in [3.05, 3.63) is 64.3 Å². The van der Waals surface area contributed by atoms with Crippen molar-refractivity contribution in [1.29, 1.82) is 0 Å². The molecular weight excluding hydrogens is 340 g/mol. The summed E-state index contributed by atoms with van der Waals surface area (Å²) in [7, 11) is 0. The highest BCUT2D eigenvalue weighted by atomic mass is 79.9. The van der Waals surface area contributed by atoms with Crippen LogP contribution in [0.25, 0.3) is 11.0 Å². The third-order valence-corrected chi connectivity index (χ3v) is 3.87. The Bertz CT molecular complexity index is 841. The Morgan fingerprint density at radius 1 is 1.00 bits per heavy atom. The second kappa shape index (κ2) is 6.23. The lowest BCUT2D eigenvalue weighted by Crippen LogP contribution is -2.03. The molecule has 0 bridgehead atoms. The maximum atomic E-state index is 4.57. The summed E-state index contributed by atoms with van der Waals surface area (Å²) in [6, 6.07) is 15.8. The van der Waals surface area contributed by atoms with E-state index in [1.165, 1.54) is 0 Å². The van der Waals surface area contributed by atoms with Crippen LogP contribution in [0.4, 0.5) is 5.82 Å². The predicted molar refractivity (Wildman–Crippen MR) is 94.3 cm³/mol. The van der Waals surface area contributed by atoms with E-state index < -0.39 is 0 Å². The number of halogens is 1. The van der Waals surface area contributed by atoms with E-state index in [1.807, 2.05) is 62.4 Å². The molecule has 5 heteroatoms. The molecule has 0 spiro atoms. The molecule has 1 heterocycles. The number of hydrazone groups is 1. The first-order valence-electron chi connectivity index (χ1n) is 6.93. The Balaban J connectivity index is 1.87. The topological polar surface area (TPSA) is 50.2 Å². The van der Waals surface area contributed by atoms with Crippen LogP contribution >= 0.6 is 15.9 Å². The van der Waals surface area contributed by atoms with Crippen LogP contribution in [0.3, 0.4) is 0 Å². The zero-order valence-electron chi connectivity index (χ0n) is 12.3. The van der Waals surface area contributed by atoms with Gasteiger partial charge in [-0.2, -0.15) is 5.10 Å². The van der Waals surface area contributed by atoms with Gasteiger partial charge in [-0.05, 0) is 43.7 Å². The van der Waals surface area contributed by atoms with Gasteiger partial charge in [0.05, 0.1) is 22.4 Å². The fraction of sp³-hybridized carbons (Fsp3) is 0.118. The summed E-state index contributed by atoms with van der Waals surface area (Å²) >= 11 is 3.43. The number of para-hydroxylation sites is 2. The third kappa shape index (κ3) is 3.14. The molecule has 110 valence electrons. The highest BCUT2D eigenvalue weighted by molar-refractivity contribution is 9.10. The van der Waals surface area contributed by atoms with Gasteiger partial charge in [-0.1, -0.05) is 40.2 Å². The number of nitrogens with zero attached hydrogens (tertiary/aromatic N) is 3. The number of anilines is 1. The molecule has 3 rings (SSSR count). The zero-order chi connectivity index (χ0) is 15.5. The van der Waals surface area contributed by atoms with Crippen LogP contribution in [-0.4, -0.2) is 15.7 Å². The van der Waals surface area contributed by atoms with E-state index >= 15 is 0 Å². The minimum absolute atomic E-state index is 0.676. The molecule has 0 aliphatic rings. The summed E-state index contributed by atoms with van der Waals surface area (Å²) in [6.07, 6.45) is 0. The number of hydrogen-bond acceptors (Lipinski definition) is 4. The van der Waals surface area contributed by atoms with Crippen molar-refractivity contribution in [2.75, 3.05) is 5.43 Å². The van der Waals surface area contributed by atoms with Crippen LogP contribution in [0, 0.1) is 6.92 Å².